The maximum absolute atomic E-state index is 13.9. The molecule has 5 rings (SSSR count). The van der Waals surface area contributed by atoms with E-state index >= 15 is 0 Å². The van der Waals surface area contributed by atoms with Gasteiger partial charge in [-0.2, -0.15) is 0 Å². The average Bonchev–Trinajstić information content (AvgIpc) is 3.89. The van der Waals surface area contributed by atoms with Gasteiger partial charge in [0.1, 0.15) is 12.1 Å². The van der Waals surface area contributed by atoms with E-state index in [9.17, 15) is 24.6 Å². The standard InChI is InChI=1S/C39H51N5O5/c1-3-12-32(39(49)42-33(24-28-15-8-5-9-16-28)37(47)36(46)29-19-20-29)41-38(48)30(23-27-13-6-4-7-14-27)25-35(45)43(2)21-22-44-26-40-31-17-10-11-18-34(31)44/h1,4,6-7,10-11,13-14,17-18,26,28-30,32-33,36-37,46-47H,5,8-9,12,15-16,19-25H2,2H3,(H,41,48)(H,42,49)/t30-,32+,33+,36+,37-/m1/s1. The molecular weight excluding hydrogens is 618 g/mol. The highest BCUT2D eigenvalue weighted by Gasteiger charge is 2.40. The van der Waals surface area contributed by atoms with Crippen LogP contribution in [0.4, 0.5) is 0 Å². The molecular formula is C39H51N5O5. The summed E-state index contributed by atoms with van der Waals surface area (Å²) in [4.78, 5) is 47.2. The number of fused-ring (bicyclic) bond motifs is 1. The molecule has 2 aliphatic carbocycles. The molecule has 2 saturated carbocycles. The first-order chi connectivity index (χ1) is 23.7. The number of aromatic nitrogens is 2. The lowest BCUT2D eigenvalue weighted by atomic mass is 9.82. The summed E-state index contributed by atoms with van der Waals surface area (Å²) in [6.07, 6.45) is 13.3. The van der Waals surface area contributed by atoms with Gasteiger partial charge in [-0.1, -0.05) is 74.6 Å². The zero-order valence-corrected chi connectivity index (χ0v) is 28.5. The predicted molar refractivity (Wildman–Crippen MR) is 189 cm³/mol. The number of nitrogens with one attached hydrogen (secondary N) is 2. The van der Waals surface area contributed by atoms with Crippen molar-refractivity contribution in [2.24, 2.45) is 17.8 Å². The quantitative estimate of drug-likeness (QED) is 0.161. The summed E-state index contributed by atoms with van der Waals surface area (Å²) in [6.45, 7) is 0.977. The van der Waals surface area contributed by atoms with Crippen molar-refractivity contribution < 1.29 is 24.6 Å². The summed E-state index contributed by atoms with van der Waals surface area (Å²) in [5.41, 5.74) is 2.76. The molecule has 2 aliphatic rings. The maximum atomic E-state index is 13.9. The van der Waals surface area contributed by atoms with Crippen LogP contribution < -0.4 is 10.6 Å². The third kappa shape index (κ3) is 10.2. The zero-order valence-electron chi connectivity index (χ0n) is 28.5. The molecule has 0 unspecified atom stereocenters. The summed E-state index contributed by atoms with van der Waals surface area (Å²) in [6, 6.07) is 15.6. The second-order valence-electron chi connectivity index (χ2n) is 14.0. The molecule has 0 bridgehead atoms. The van der Waals surface area contributed by atoms with E-state index in [-0.39, 0.29) is 24.7 Å². The number of aliphatic hydroxyl groups is 2. The molecule has 0 aliphatic heterocycles. The number of amides is 3. The topological polar surface area (TPSA) is 137 Å². The van der Waals surface area contributed by atoms with Crippen molar-refractivity contribution in [1.82, 2.24) is 25.1 Å². The number of hydrogen-bond donors (Lipinski definition) is 4. The molecule has 10 heteroatoms. The minimum atomic E-state index is -1.11. The van der Waals surface area contributed by atoms with Crippen LogP contribution in [0, 0.1) is 30.1 Å². The van der Waals surface area contributed by atoms with Crippen LogP contribution in [0.1, 0.15) is 69.8 Å². The van der Waals surface area contributed by atoms with Crippen molar-refractivity contribution in [3.05, 3.63) is 66.5 Å². The fourth-order valence-electron chi connectivity index (χ4n) is 7.01. The maximum Gasteiger partial charge on any atom is 0.243 e. The highest BCUT2D eigenvalue weighted by atomic mass is 16.3. The number of carbonyl (C=O) groups excluding carboxylic acids is 3. The number of rotatable bonds is 17. The Labute approximate surface area is 289 Å². The monoisotopic (exact) mass is 669 g/mol. The van der Waals surface area contributed by atoms with Gasteiger partial charge in [0.15, 0.2) is 0 Å². The number of hydrogen-bond acceptors (Lipinski definition) is 6. The van der Waals surface area contributed by atoms with E-state index in [2.05, 4.69) is 21.5 Å². The van der Waals surface area contributed by atoms with Gasteiger partial charge in [0.25, 0.3) is 0 Å². The van der Waals surface area contributed by atoms with Gasteiger partial charge in [-0.15, -0.1) is 12.3 Å². The fourth-order valence-corrected chi connectivity index (χ4v) is 7.01. The minimum absolute atomic E-state index is 0.0377. The largest absolute Gasteiger partial charge is 0.390 e. The van der Waals surface area contributed by atoms with Crippen LogP contribution in [-0.4, -0.2) is 80.3 Å². The molecule has 2 aromatic carbocycles. The van der Waals surface area contributed by atoms with Gasteiger partial charge in [-0.3, -0.25) is 14.4 Å². The summed E-state index contributed by atoms with van der Waals surface area (Å²) in [7, 11) is 1.72. The zero-order chi connectivity index (χ0) is 34.8. The number of aliphatic hydroxyl groups excluding tert-OH is 2. The van der Waals surface area contributed by atoms with Crippen molar-refractivity contribution in [3.8, 4) is 12.3 Å². The van der Waals surface area contributed by atoms with E-state index in [1.54, 1.807) is 18.3 Å². The molecule has 5 atom stereocenters. The Hall–Kier alpha value is -4.20. The van der Waals surface area contributed by atoms with Gasteiger partial charge in [0.2, 0.25) is 17.7 Å². The van der Waals surface area contributed by atoms with Crippen molar-refractivity contribution in [2.75, 3.05) is 13.6 Å². The Morgan fingerprint density at radius 2 is 1.69 bits per heavy atom. The highest BCUT2D eigenvalue weighted by Crippen LogP contribution is 2.36. The molecule has 3 aromatic rings. The van der Waals surface area contributed by atoms with Crippen molar-refractivity contribution in [2.45, 2.75) is 101 Å². The Morgan fingerprint density at radius 3 is 2.41 bits per heavy atom. The van der Waals surface area contributed by atoms with Gasteiger partial charge in [-0.25, -0.2) is 4.98 Å². The Bertz CT molecular complexity index is 1580. The molecule has 10 nitrogen and oxygen atoms in total. The van der Waals surface area contributed by atoms with E-state index in [1.807, 2.05) is 59.2 Å². The highest BCUT2D eigenvalue weighted by molar-refractivity contribution is 5.91. The van der Waals surface area contributed by atoms with Gasteiger partial charge in [-0.05, 0) is 55.2 Å². The molecule has 4 N–H and O–H groups in total. The number of para-hydroxylation sites is 2. The first-order valence-electron chi connectivity index (χ1n) is 17.8. The number of likely N-dealkylation sites (N-methyl/N-ethyl adjacent to an activating group) is 1. The molecule has 0 radical (unpaired) electrons. The predicted octanol–water partition coefficient (Wildman–Crippen LogP) is 3.84. The molecule has 1 heterocycles. The number of nitrogens with zero attached hydrogens (tertiary/aromatic N) is 3. The summed E-state index contributed by atoms with van der Waals surface area (Å²) in [5, 5.41) is 27.8. The van der Waals surface area contributed by atoms with E-state index in [0.29, 0.717) is 31.8 Å². The van der Waals surface area contributed by atoms with E-state index in [0.717, 1.165) is 55.1 Å². The number of carbonyl (C=O) groups is 3. The van der Waals surface area contributed by atoms with E-state index in [4.69, 9.17) is 6.42 Å². The lowest BCUT2D eigenvalue weighted by Gasteiger charge is -2.33. The van der Waals surface area contributed by atoms with Gasteiger partial charge >= 0.3 is 0 Å². The van der Waals surface area contributed by atoms with Crippen LogP contribution in [0.25, 0.3) is 11.0 Å². The average molecular weight is 670 g/mol. The van der Waals surface area contributed by atoms with Gasteiger partial charge < -0.3 is 30.3 Å². The normalized spacial score (nSPS) is 18.1. The summed E-state index contributed by atoms with van der Waals surface area (Å²) in [5.74, 6) is 1.01. The lowest BCUT2D eigenvalue weighted by Crippen LogP contribution is -2.56. The molecule has 2 fully saturated rings. The Kier molecular flexibility index (Phi) is 12.9. The first-order valence-corrected chi connectivity index (χ1v) is 17.8. The van der Waals surface area contributed by atoms with Crippen LogP contribution in [-0.2, 0) is 27.3 Å². The SMILES string of the molecule is C#CC[C@H](NC(=O)[C@@H](CC(=O)N(C)CCn1cnc2ccccc21)Cc1ccccc1)C(=O)N[C@@H](CC1CCCCC1)[C@@H](O)[C@@H](O)C1CC1. The molecule has 1 aromatic heterocycles. The van der Waals surface area contributed by atoms with E-state index in [1.165, 1.54) is 6.42 Å². The molecule has 262 valence electrons. The van der Waals surface area contributed by atoms with Crippen molar-refractivity contribution in [3.63, 3.8) is 0 Å². The Balaban J connectivity index is 1.25. The number of imidazole rings is 1. The van der Waals surface area contributed by atoms with Crippen molar-refractivity contribution in [1.29, 1.82) is 0 Å². The van der Waals surface area contributed by atoms with Gasteiger partial charge in [0.05, 0.1) is 35.4 Å². The van der Waals surface area contributed by atoms with E-state index < -0.39 is 42.0 Å². The second kappa shape index (κ2) is 17.5. The molecule has 0 saturated heterocycles. The number of terminal acetylenes is 1. The molecule has 0 spiro atoms. The lowest BCUT2D eigenvalue weighted by molar-refractivity contribution is -0.137. The van der Waals surface area contributed by atoms with Crippen LogP contribution in [0.3, 0.4) is 0 Å². The van der Waals surface area contributed by atoms with Crippen LogP contribution >= 0.6 is 0 Å². The second-order valence-corrected chi connectivity index (χ2v) is 14.0. The van der Waals surface area contributed by atoms with Gasteiger partial charge in [0, 0.05) is 33.0 Å². The molecule has 49 heavy (non-hydrogen) atoms. The summed E-state index contributed by atoms with van der Waals surface area (Å²) < 4.78 is 2.00. The van der Waals surface area contributed by atoms with Crippen molar-refractivity contribution >= 4 is 28.8 Å². The number of benzene rings is 2. The Morgan fingerprint density at radius 1 is 0.980 bits per heavy atom. The minimum Gasteiger partial charge on any atom is -0.390 e. The van der Waals surface area contributed by atoms with Crippen LogP contribution in [0.5, 0.6) is 0 Å². The van der Waals surface area contributed by atoms with Crippen LogP contribution in [0.15, 0.2) is 60.9 Å². The first kappa shape index (κ1) is 36.1. The summed E-state index contributed by atoms with van der Waals surface area (Å²) >= 11 is 0. The smallest absolute Gasteiger partial charge is 0.243 e. The third-order valence-corrected chi connectivity index (χ3v) is 10.2. The fraction of sp³-hybridized carbons (Fsp3) is 0.538. The molecule has 3 amide bonds. The third-order valence-electron chi connectivity index (χ3n) is 10.2. The van der Waals surface area contributed by atoms with Crippen LogP contribution in [0.2, 0.25) is 0 Å².